The Morgan fingerprint density at radius 1 is 1.43 bits per heavy atom. The molecule has 0 aromatic heterocycles. The fourth-order valence-corrected chi connectivity index (χ4v) is 2.53. The highest BCUT2D eigenvalue weighted by Gasteiger charge is 2.23. The zero-order valence-corrected chi connectivity index (χ0v) is 9.14. The molecule has 2 aliphatic rings. The first-order valence-electron chi connectivity index (χ1n) is 5.44. The van der Waals surface area contributed by atoms with Gasteiger partial charge in [-0.2, -0.15) is 0 Å². The fourth-order valence-electron chi connectivity index (χ4n) is 2.53. The monoisotopic (exact) mass is 184 g/mol. The average molecular weight is 184 g/mol. The summed E-state index contributed by atoms with van der Waals surface area (Å²) in [6, 6.07) is 0. The molecule has 14 heavy (non-hydrogen) atoms. The molecule has 0 amide bonds. The van der Waals surface area contributed by atoms with Gasteiger partial charge < -0.3 is 0 Å². The van der Waals surface area contributed by atoms with Crippen LogP contribution in [0.4, 0.5) is 0 Å². The standard InChI is InChI=1S/C13H17B/c1-3-11-10-5-4-6-12(11)9(2)13(14)8-7-10/h3,7-8,11H,1,4-6,14H2,2H3. The maximum absolute atomic E-state index is 3.97. The molecule has 0 heterocycles. The quantitative estimate of drug-likeness (QED) is 0.434. The first kappa shape index (κ1) is 9.58. The summed E-state index contributed by atoms with van der Waals surface area (Å²) in [4.78, 5) is 0. The number of fused-ring (bicyclic) bond motifs is 2. The second-order valence-electron chi connectivity index (χ2n) is 4.31. The van der Waals surface area contributed by atoms with Crippen molar-refractivity contribution in [2.45, 2.75) is 26.2 Å². The smallest absolute Gasteiger partial charge is 0.102 e. The minimum atomic E-state index is 0.525. The molecule has 72 valence electrons. The lowest BCUT2D eigenvalue weighted by atomic mass is 9.76. The molecule has 0 spiro atoms. The molecule has 2 bridgehead atoms. The van der Waals surface area contributed by atoms with Gasteiger partial charge in [0.25, 0.3) is 0 Å². The van der Waals surface area contributed by atoms with Crippen LogP contribution in [0, 0.1) is 5.92 Å². The first-order valence-corrected chi connectivity index (χ1v) is 5.44. The summed E-state index contributed by atoms with van der Waals surface area (Å²) in [6.07, 6.45) is 10.5. The van der Waals surface area contributed by atoms with Crippen molar-refractivity contribution in [2.75, 3.05) is 0 Å². The van der Waals surface area contributed by atoms with Gasteiger partial charge in [0, 0.05) is 5.92 Å². The van der Waals surface area contributed by atoms with Gasteiger partial charge in [-0.3, -0.25) is 0 Å². The van der Waals surface area contributed by atoms with Gasteiger partial charge in [0.1, 0.15) is 7.85 Å². The molecular weight excluding hydrogens is 167 g/mol. The van der Waals surface area contributed by atoms with Crippen LogP contribution in [0.15, 0.2) is 47.0 Å². The van der Waals surface area contributed by atoms with Crippen LogP contribution >= 0.6 is 0 Å². The van der Waals surface area contributed by atoms with Crippen LogP contribution in [0.5, 0.6) is 0 Å². The molecule has 0 aliphatic heterocycles. The second-order valence-corrected chi connectivity index (χ2v) is 4.31. The summed E-state index contributed by atoms with van der Waals surface area (Å²) in [7, 11) is 2.21. The Morgan fingerprint density at radius 3 is 2.93 bits per heavy atom. The molecule has 0 aromatic carbocycles. The van der Waals surface area contributed by atoms with Gasteiger partial charge >= 0.3 is 0 Å². The minimum absolute atomic E-state index is 0.525. The van der Waals surface area contributed by atoms with Crippen molar-refractivity contribution < 1.29 is 0 Å². The zero-order chi connectivity index (χ0) is 10.1. The van der Waals surface area contributed by atoms with Crippen molar-refractivity contribution in [3.63, 3.8) is 0 Å². The maximum atomic E-state index is 3.97. The highest BCUT2D eigenvalue weighted by Crippen LogP contribution is 2.39. The van der Waals surface area contributed by atoms with Gasteiger partial charge in [-0.15, -0.1) is 6.58 Å². The van der Waals surface area contributed by atoms with Gasteiger partial charge in [-0.05, 0) is 26.2 Å². The summed E-state index contributed by atoms with van der Waals surface area (Å²) in [6.45, 7) is 6.22. The molecule has 1 atom stereocenters. The third kappa shape index (κ3) is 1.41. The molecule has 1 heteroatoms. The molecular formula is C13H17B. The minimum Gasteiger partial charge on any atom is -0.102 e. The van der Waals surface area contributed by atoms with E-state index in [1.807, 2.05) is 0 Å². The molecule has 2 rings (SSSR count). The lowest BCUT2D eigenvalue weighted by Crippen LogP contribution is -2.12. The van der Waals surface area contributed by atoms with E-state index in [9.17, 15) is 0 Å². The summed E-state index contributed by atoms with van der Waals surface area (Å²) < 4.78 is 0. The molecule has 0 nitrogen and oxygen atoms in total. The van der Waals surface area contributed by atoms with E-state index in [1.54, 1.807) is 11.1 Å². The van der Waals surface area contributed by atoms with Gasteiger partial charge in [-0.1, -0.05) is 40.4 Å². The van der Waals surface area contributed by atoms with E-state index in [-0.39, 0.29) is 0 Å². The number of hydrogen-bond donors (Lipinski definition) is 0. The fraction of sp³-hybridized carbons (Fsp3) is 0.385. The first-order chi connectivity index (χ1) is 6.74. The average Bonchev–Trinajstić information content (AvgIpc) is 2.28. The zero-order valence-electron chi connectivity index (χ0n) is 9.14. The van der Waals surface area contributed by atoms with Crippen LogP contribution in [-0.2, 0) is 0 Å². The highest BCUT2D eigenvalue weighted by atomic mass is 14.3. The van der Waals surface area contributed by atoms with Crippen LogP contribution in [0.2, 0.25) is 0 Å². The van der Waals surface area contributed by atoms with Crippen molar-refractivity contribution in [3.05, 3.63) is 47.0 Å². The van der Waals surface area contributed by atoms with E-state index in [0.29, 0.717) is 5.92 Å². The van der Waals surface area contributed by atoms with Crippen LogP contribution < -0.4 is 0 Å². The number of allylic oxidation sites excluding steroid dienone is 7. The summed E-state index contributed by atoms with van der Waals surface area (Å²) in [5, 5.41) is 0. The van der Waals surface area contributed by atoms with Gasteiger partial charge in [0.15, 0.2) is 0 Å². The molecule has 0 radical (unpaired) electrons. The van der Waals surface area contributed by atoms with Crippen LogP contribution in [0.1, 0.15) is 26.2 Å². The topological polar surface area (TPSA) is 0 Å². The Bertz CT molecular complexity index is 355. The van der Waals surface area contributed by atoms with E-state index >= 15 is 0 Å². The molecule has 0 saturated heterocycles. The maximum Gasteiger partial charge on any atom is 0.139 e. The van der Waals surface area contributed by atoms with Crippen LogP contribution in [0.25, 0.3) is 0 Å². The highest BCUT2D eigenvalue weighted by molar-refractivity contribution is 6.24. The van der Waals surface area contributed by atoms with E-state index in [4.69, 9.17) is 0 Å². The summed E-state index contributed by atoms with van der Waals surface area (Å²) >= 11 is 0. The van der Waals surface area contributed by atoms with E-state index in [1.165, 1.54) is 30.3 Å². The largest absolute Gasteiger partial charge is 0.139 e. The lowest BCUT2D eigenvalue weighted by Gasteiger charge is -2.26. The number of hydrogen-bond acceptors (Lipinski definition) is 0. The normalized spacial score (nSPS) is 26.5. The summed E-state index contributed by atoms with van der Waals surface area (Å²) in [5.74, 6) is 0.525. The van der Waals surface area contributed by atoms with Gasteiger partial charge in [0.05, 0.1) is 0 Å². The van der Waals surface area contributed by atoms with Crippen molar-refractivity contribution in [1.82, 2.24) is 0 Å². The lowest BCUT2D eigenvalue weighted by molar-refractivity contribution is 0.637. The molecule has 2 aliphatic carbocycles. The van der Waals surface area contributed by atoms with Gasteiger partial charge in [-0.25, -0.2) is 0 Å². The molecule has 0 aromatic rings. The Morgan fingerprint density at radius 2 is 2.21 bits per heavy atom. The Kier molecular flexibility index (Phi) is 2.49. The van der Waals surface area contributed by atoms with E-state index in [2.05, 4.69) is 39.6 Å². The third-order valence-corrected chi connectivity index (χ3v) is 3.54. The Labute approximate surface area is 87.5 Å². The molecule has 1 fully saturated rings. The Balaban J connectivity index is 2.54. The SMILES string of the molecule is BC1=CC=C2CCCC(=C1C)C2C=C. The number of rotatable bonds is 1. The van der Waals surface area contributed by atoms with Crippen LogP contribution in [0.3, 0.4) is 0 Å². The molecule has 1 saturated carbocycles. The van der Waals surface area contributed by atoms with Crippen LogP contribution in [-0.4, -0.2) is 7.85 Å². The second kappa shape index (κ2) is 3.64. The molecule has 1 unspecified atom stereocenters. The third-order valence-electron chi connectivity index (χ3n) is 3.54. The Hall–Kier alpha value is -0.975. The molecule has 0 N–H and O–H groups in total. The van der Waals surface area contributed by atoms with Crippen molar-refractivity contribution in [3.8, 4) is 0 Å². The van der Waals surface area contributed by atoms with Gasteiger partial charge in [0.2, 0.25) is 0 Å². The summed E-state index contributed by atoms with van der Waals surface area (Å²) in [5.41, 5.74) is 6.06. The predicted molar refractivity (Wildman–Crippen MR) is 64.9 cm³/mol. The van der Waals surface area contributed by atoms with Crippen molar-refractivity contribution in [2.24, 2.45) is 5.92 Å². The van der Waals surface area contributed by atoms with Crippen molar-refractivity contribution >= 4 is 7.85 Å². The van der Waals surface area contributed by atoms with Crippen molar-refractivity contribution in [1.29, 1.82) is 0 Å². The van der Waals surface area contributed by atoms with E-state index < -0.39 is 0 Å². The predicted octanol–water partition coefficient (Wildman–Crippen LogP) is 2.75. The van der Waals surface area contributed by atoms with E-state index in [0.717, 1.165) is 0 Å².